The molecular weight excluding hydrogens is 297 g/mol. The summed E-state index contributed by atoms with van der Waals surface area (Å²) in [7, 11) is 0. The van der Waals surface area contributed by atoms with Crippen LogP contribution in [0.25, 0.3) is 22.6 Å². The Morgan fingerprint density at radius 1 is 1.05 bits per heavy atom. The fourth-order valence-corrected chi connectivity index (χ4v) is 2.49. The Kier molecular flexibility index (Phi) is 3.00. The Labute approximate surface area is 125 Å². The summed E-state index contributed by atoms with van der Waals surface area (Å²) in [5, 5.41) is 0.921. The van der Waals surface area contributed by atoms with Gasteiger partial charge in [-0.1, -0.05) is 23.2 Å². The molecule has 102 valence electrons. The average molecular weight is 308 g/mol. The van der Waals surface area contributed by atoms with Crippen molar-refractivity contribution >= 4 is 45.7 Å². The van der Waals surface area contributed by atoms with E-state index in [-0.39, 0.29) is 0 Å². The zero-order valence-electron chi connectivity index (χ0n) is 10.6. The van der Waals surface area contributed by atoms with E-state index >= 15 is 0 Å². The van der Waals surface area contributed by atoms with E-state index in [0.29, 0.717) is 44.0 Å². The molecular formula is C14H11Cl2N3O. The molecule has 0 aliphatic carbocycles. The Balaban J connectivity index is 2.22. The number of fused-ring (bicyclic) bond motifs is 1. The number of hydrogen-bond acceptors (Lipinski definition) is 4. The predicted molar refractivity (Wildman–Crippen MR) is 83.0 cm³/mol. The standard InChI is InChI=1S/C14H11Cl2N3O/c1-6-10(17)2-7(3-11(6)18)14-19-12-5-8(15)4-9(16)13(12)20-14/h2-5H,17-18H2,1H3. The summed E-state index contributed by atoms with van der Waals surface area (Å²) in [4.78, 5) is 4.37. The van der Waals surface area contributed by atoms with Gasteiger partial charge in [0.1, 0.15) is 5.52 Å². The molecule has 1 aromatic heterocycles. The summed E-state index contributed by atoms with van der Waals surface area (Å²) < 4.78 is 5.68. The van der Waals surface area contributed by atoms with E-state index in [9.17, 15) is 0 Å². The highest BCUT2D eigenvalue weighted by atomic mass is 35.5. The minimum absolute atomic E-state index is 0.405. The molecule has 0 radical (unpaired) electrons. The van der Waals surface area contributed by atoms with E-state index in [0.717, 1.165) is 5.56 Å². The summed E-state index contributed by atoms with van der Waals surface area (Å²) in [6, 6.07) is 6.84. The summed E-state index contributed by atoms with van der Waals surface area (Å²) in [6.07, 6.45) is 0. The number of aromatic nitrogens is 1. The van der Waals surface area contributed by atoms with Crippen LogP contribution in [0.1, 0.15) is 5.56 Å². The number of nitrogen functional groups attached to an aromatic ring is 2. The summed E-state index contributed by atoms with van der Waals surface area (Å²) in [5.41, 5.74) is 15.6. The molecule has 3 aromatic rings. The maximum Gasteiger partial charge on any atom is 0.227 e. The molecule has 0 bridgehead atoms. The van der Waals surface area contributed by atoms with Gasteiger partial charge in [0, 0.05) is 22.0 Å². The second-order valence-electron chi connectivity index (χ2n) is 4.53. The van der Waals surface area contributed by atoms with Gasteiger partial charge in [-0.3, -0.25) is 0 Å². The van der Waals surface area contributed by atoms with E-state index < -0.39 is 0 Å². The van der Waals surface area contributed by atoms with Crippen LogP contribution in [-0.4, -0.2) is 4.98 Å². The lowest BCUT2D eigenvalue weighted by atomic mass is 10.1. The van der Waals surface area contributed by atoms with Crippen molar-refractivity contribution in [3.63, 3.8) is 0 Å². The molecule has 0 amide bonds. The van der Waals surface area contributed by atoms with Crippen LogP contribution in [-0.2, 0) is 0 Å². The van der Waals surface area contributed by atoms with Crippen molar-refractivity contribution in [2.24, 2.45) is 0 Å². The molecule has 0 saturated carbocycles. The van der Waals surface area contributed by atoms with Crippen molar-refractivity contribution in [3.8, 4) is 11.5 Å². The predicted octanol–water partition coefficient (Wildman–Crippen LogP) is 4.27. The maximum absolute atomic E-state index is 6.08. The molecule has 0 spiro atoms. The SMILES string of the molecule is Cc1c(N)cc(-c2nc3cc(Cl)cc(Cl)c3o2)cc1N. The zero-order valence-corrected chi connectivity index (χ0v) is 12.1. The number of halogens is 2. The third-order valence-corrected chi connectivity index (χ3v) is 3.64. The van der Waals surface area contributed by atoms with E-state index in [1.807, 2.05) is 6.92 Å². The lowest BCUT2D eigenvalue weighted by Gasteiger charge is -2.05. The topological polar surface area (TPSA) is 78.1 Å². The first-order chi connectivity index (χ1) is 9.45. The molecule has 0 aliphatic rings. The molecule has 0 saturated heterocycles. The molecule has 3 rings (SSSR count). The number of oxazole rings is 1. The van der Waals surface area contributed by atoms with Crippen molar-refractivity contribution in [2.45, 2.75) is 6.92 Å². The molecule has 4 N–H and O–H groups in total. The fourth-order valence-electron chi connectivity index (χ4n) is 1.97. The fraction of sp³-hybridized carbons (Fsp3) is 0.0714. The lowest BCUT2D eigenvalue weighted by Crippen LogP contribution is -1.96. The van der Waals surface area contributed by atoms with Crippen molar-refractivity contribution in [2.75, 3.05) is 11.5 Å². The summed E-state index contributed by atoms with van der Waals surface area (Å²) in [6.45, 7) is 1.86. The van der Waals surface area contributed by atoms with Gasteiger partial charge in [-0.25, -0.2) is 4.98 Å². The Hall–Kier alpha value is -1.91. The molecule has 0 atom stereocenters. The highest BCUT2D eigenvalue weighted by Crippen LogP contribution is 2.34. The van der Waals surface area contributed by atoms with Gasteiger partial charge < -0.3 is 15.9 Å². The third kappa shape index (κ3) is 2.07. The summed E-state index contributed by atoms with van der Waals surface area (Å²) in [5.74, 6) is 0.405. The van der Waals surface area contributed by atoms with E-state index in [4.69, 9.17) is 39.1 Å². The number of rotatable bonds is 1. The number of nitrogens with zero attached hydrogens (tertiary/aromatic N) is 1. The first-order valence-electron chi connectivity index (χ1n) is 5.87. The minimum atomic E-state index is 0.405. The number of benzene rings is 2. The van der Waals surface area contributed by atoms with Gasteiger partial charge in [0.05, 0.1) is 5.02 Å². The van der Waals surface area contributed by atoms with E-state index in [2.05, 4.69) is 4.98 Å². The second-order valence-corrected chi connectivity index (χ2v) is 5.38. The Bertz CT molecular complexity index is 804. The first-order valence-corrected chi connectivity index (χ1v) is 6.63. The molecule has 0 aliphatic heterocycles. The van der Waals surface area contributed by atoms with Crippen LogP contribution in [0.15, 0.2) is 28.7 Å². The van der Waals surface area contributed by atoms with Gasteiger partial charge >= 0.3 is 0 Å². The van der Waals surface area contributed by atoms with Crippen LogP contribution in [0.3, 0.4) is 0 Å². The number of anilines is 2. The third-order valence-electron chi connectivity index (χ3n) is 3.14. The van der Waals surface area contributed by atoms with Crippen molar-refractivity contribution < 1.29 is 4.42 Å². The van der Waals surface area contributed by atoms with Crippen LogP contribution in [0.5, 0.6) is 0 Å². The molecule has 20 heavy (non-hydrogen) atoms. The quantitative estimate of drug-likeness (QED) is 0.658. The average Bonchev–Trinajstić information content (AvgIpc) is 2.79. The normalized spacial score (nSPS) is 11.2. The molecule has 0 unspecified atom stereocenters. The second kappa shape index (κ2) is 4.58. The molecule has 6 heteroatoms. The zero-order chi connectivity index (χ0) is 14.4. The molecule has 2 aromatic carbocycles. The van der Waals surface area contributed by atoms with Crippen LogP contribution in [0, 0.1) is 6.92 Å². The van der Waals surface area contributed by atoms with Gasteiger partial charge in [-0.2, -0.15) is 0 Å². The molecule has 4 nitrogen and oxygen atoms in total. The van der Waals surface area contributed by atoms with Crippen LogP contribution >= 0.6 is 23.2 Å². The van der Waals surface area contributed by atoms with Crippen molar-refractivity contribution in [1.82, 2.24) is 4.98 Å². The van der Waals surface area contributed by atoms with E-state index in [1.165, 1.54) is 0 Å². The largest absolute Gasteiger partial charge is 0.435 e. The number of nitrogens with two attached hydrogens (primary N) is 2. The van der Waals surface area contributed by atoms with Gasteiger partial charge in [-0.15, -0.1) is 0 Å². The van der Waals surface area contributed by atoms with Crippen LogP contribution in [0.2, 0.25) is 10.0 Å². The van der Waals surface area contributed by atoms with Gasteiger partial charge in [-0.05, 0) is 36.8 Å². The smallest absolute Gasteiger partial charge is 0.227 e. The summed E-state index contributed by atoms with van der Waals surface area (Å²) >= 11 is 12.0. The van der Waals surface area contributed by atoms with Crippen LogP contribution in [0.4, 0.5) is 11.4 Å². The Morgan fingerprint density at radius 3 is 2.35 bits per heavy atom. The van der Waals surface area contributed by atoms with Crippen molar-refractivity contribution in [1.29, 1.82) is 0 Å². The Morgan fingerprint density at radius 2 is 1.70 bits per heavy atom. The van der Waals surface area contributed by atoms with Gasteiger partial charge in [0.15, 0.2) is 5.58 Å². The van der Waals surface area contributed by atoms with Gasteiger partial charge in [0.25, 0.3) is 0 Å². The van der Waals surface area contributed by atoms with Crippen molar-refractivity contribution in [3.05, 3.63) is 39.9 Å². The molecule has 1 heterocycles. The highest BCUT2D eigenvalue weighted by Gasteiger charge is 2.14. The number of hydrogen-bond donors (Lipinski definition) is 2. The lowest BCUT2D eigenvalue weighted by molar-refractivity contribution is 0.620. The molecule has 0 fully saturated rings. The minimum Gasteiger partial charge on any atom is -0.435 e. The maximum atomic E-state index is 6.08. The highest BCUT2D eigenvalue weighted by molar-refractivity contribution is 6.38. The monoisotopic (exact) mass is 307 g/mol. The first kappa shape index (κ1) is 13.1. The van der Waals surface area contributed by atoms with Crippen LogP contribution < -0.4 is 11.5 Å². The van der Waals surface area contributed by atoms with E-state index in [1.54, 1.807) is 24.3 Å². The van der Waals surface area contributed by atoms with Gasteiger partial charge in [0.2, 0.25) is 5.89 Å².